The first-order chi connectivity index (χ1) is 10.3. The summed E-state index contributed by atoms with van der Waals surface area (Å²) in [5, 5.41) is 9.29. The molecule has 2 amide bonds. The summed E-state index contributed by atoms with van der Waals surface area (Å²) < 4.78 is 0. The van der Waals surface area contributed by atoms with E-state index in [1.165, 1.54) is 0 Å². The quantitative estimate of drug-likeness (QED) is 0.400. The SMILES string of the molecule is C=C(C)C(=O)CCCC(CC)CC(O)N1C(=O)CC(Cl)C1=O. The average Bonchev–Trinajstić information content (AvgIpc) is 2.70. The summed E-state index contributed by atoms with van der Waals surface area (Å²) in [4.78, 5) is 35.8. The van der Waals surface area contributed by atoms with Gasteiger partial charge in [0.25, 0.3) is 0 Å². The zero-order valence-corrected chi connectivity index (χ0v) is 13.9. The number of rotatable bonds is 9. The van der Waals surface area contributed by atoms with Crippen LogP contribution >= 0.6 is 11.6 Å². The molecule has 0 saturated carbocycles. The van der Waals surface area contributed by atoms with Crippen LogP contribution in [0.3, 0.4) is 0 Å². The molecule has 22 heavy (non-hydrogen) atoms. The fourth-order valence-electron chi connectivity index (χ4n) is 2.58. The third kappa shape index (κ3) is 4.92. The molecule has 1 rings (SSSR count). The number of hydrogen-bond donors (Lipinski definition) is 1. The van der Waals surface area contributed by atoms with Crippen molar-refractivity contribution in [2.24, 2.45) is 5.92 Å². The largest absolute Gasteiger partial charge is 0.373 e. The number of imide groups is 1. The summed E-state index contributed by atoms with van der Waals surface area (Å²) in [6.07, 6.45) is 1.83. The van der Waals surface area contributed by atoms with Crippen LogP contribution in [0.2, 0.25) is 0 Å². The number of alkyl halides is 1. The smallest absolute Gasteiger partial charge is 0.249 e. The number of amides is 2. The zero-order chi connectivity index (χ0) is 16.9. The van der Waals surface area contributed by atoms with Gasteiger partial charge in [0.2, 0.25) is 11.8 Å². The van der Waals surface area contributed by atoms with Crippen LogP contribution in [0.15, 0.2) is 12.2 Å². The van der Waals surface area contributed by atoms with E-state index in [0.29, 0.717) is 24.8 Å². The molecule has 124 valence electrons. The monoisotopic (exact) mass is 329 g/mol. The van der Waals surface area contributed by atoms with Crippen LogP contribution in [0.4, 0.5) is 0 Å². The Morgan fingerprint density at radius 2 is 2.14 bits per heavy atom. The molecule has 1 heterocycles. The Morgan fingerprint density at radius 1 is 1.50 bits per heavy atom. The summed E-state index contributed by atoms with van der Waals surface area (Å²) in [5.41, 5.74) is 0.550. The second kappa shape index (κ2) is 8.44. The highest BCUT2D eigenvalue weighted by Gasteiger charge is 2.41. The van der Waals surface area contributed by atoms with Crippen LogP contribution in [0, 0.1) is 5.92 Å². The van der Waals surface area contributed by atoms with Gasteiger partial charge < -0.3 is 5.11 Å². The number of hydrogen-bond acceptors (Lipinski definition) is 4. The van der Waals surface area contributed by atoms with Gasteiger partial charge in [-0.1, -0.05) is 19.9 Å². The maximum absolute atomic E-state index is 11.8. The van der Waals surface area contributed by atoms with E-state index in [9.17, 15) is 19.5 Å². The number of carbonyl (C=O) groups excluding carboxylic acids is 3. The molecule has 0 aliphatic carbocycles. The molecular formula is C16H24ClNO4. The second-order valence-corrected chi connectivity index (χ2v) is 6.39. The number of halogens is 1. The molecule has 3 atom stereocenters. The summed E-state index contributed by atoms with van der Waals surface area (Å²) >= 11 is 5.75. The van der Waals surface area contributed by atoms with E-state index >= 15 is 0 Å². The van der Waals surface area contributed by atoms with Crippen LogP contribution in [0.5, 0.6) is 0 Å². The van der Waals surface area contributed by atoms with Gasteiger partial charge in [-0.15, -0.1) is 11.6 Å². The third-order valence-electron chi connectivity index (χ3n) is 4.04. The number of likely N-dealkylation sites (tertiary alicyclic amines) is 1. The van der Waals surface area contributed by atoms with Gasteiger partial charge in [0.05, 0.1) is 6.42 Å². The first-order valence-electron chi connectivity index (χ1n) is 7.64. The van der Waals surface area contributed by atoms with Gasteiger partial charge >= 0.3 is 0 Å². The summed E-state index contributed by atoms with van der Waals surface area (Å²) in [6, 6.07) is 0. The van der Waals surface area contributed by atoms with Crippen molar-refractivity contribution >= 4 is 29.2 Å². The molecule has 0 spiro atoms. The van der Waals surface area contributed by atoms with Gasteiger partial charge in [-0.25, -0.2) is 0 Å². The molecule has 1 N–H and O–H groups in total. The van der Waals surface area contributed by atoms with Crippen molar-refractivity contribution in [2.75, 3.05) is 0 Å². The van der Waals surface area contributed by atoms with Crippen LogP contribution in [-0.4, -0.2) is 39.2 Å². The lowest BCUT2D eigenvalue weighted by Gasteiger charge is -2.25. The normalized spacial score (nSPS) is 21.1. The highest BCUT2D eigenvalue weighted by atomic mass is 35.5. The van der Waals surface area contributed by atoms with Crippen LogP contribution < -0.4 is 0 Å². The Morgan fingerprint density at radius 3 is 2.59 bits per heavy atom. The maximum atomic E-state index is 11.8. The van der Waals surface area contributed by atoms with Crippen molar-refractivity contribution in [2.45, 2.75) is 64.0 Å². The molecule has 0 bridgehead atoms. The predicted molar refractivity (Wildman–Crippen MR) is 84.2 cm³/mol. The Labute approximate surface area is 136 Å². The molecule has 6 heteroatoms. The highest BCUT2D eigenvalue weighted by Crippen LogP contribution is 2.25. The predicted octanol–water partition coefficient (Wildman–Crippen LogP) is 2.40. The summed E-state index contributed by atoms with van der Waals surface area (Å²) in [7, 11) is 0. The first kappa shape index (κ1) is 18.8. The van der Waals surface area contributed by atoms with Crippen molar-refractivity contribution in [1.82, 2.24) is 4.90 Å². The standard InChI is InChI=1S/C16H24ClNO4/c1-4-11(6-5-7-13(19)10(2)3)8-14(20)18-15(21)9-12(17)16(18)22/h11-12,14,20H,2,4-9H2,1,3H3. The van der Waals surface area contributed by atoms with Crippen LogP contribution in [0.1, 0.15) is 52.4 Å². The highest BCUT2D eigenvalue weighted by molar-refractivity contribution is 6.35. The average molecular weight is 330 g/mol. The van der Waals surface area contributed by atoms with Crippen LogP contribution in [-0.2, 0) is 14.4 Å². The number of nitrogens with zero attached hydrogens (tertiary/aromatic N) is 1. The van der Waals surface area contributed by atoms with E-state index in [1.54, 1.807) is 6.92 Å². The Kier molecular flexibility index (Phi) is 7.23. The number of ketones is 1. The minimum Gasteiger partial charge on any atom is -0.373 e. The van der Waals surface area contributed by atoms with E-state index in [0.717, 1.165) is 17.7 Å². The molecule has 0 radical (unpaired) electrons. The first-order valence-corrected chi connectivity index (χ1v) is 8.08. The minimum atomic E-state index is -1.13. The molecule has 3 unspecified atom stereocenters. The zero-order valence-electron chi connectivity index (χ0n) is 13.2. The van der Waals surface area contributed by atoms with Gasteiger partial charge in [-0.2, -0.15) is 0 Å². The van der Waals surface area contributed by atoms with Crippen LogP contribution in [0.25, 0.3) is 0 Å². The Hall–Kier alpha value is -1.20. The summed E-state index contributed by atoms with van der Waals surface area (Å²) in [5.74, 6) is -0.760. The van der Waals surface area contributed by atoms with Crippen molar-refractivity contribution < 1.29 is 19.5 Å². The minimum absolute atomic E-state index is 0.0466. The number of allylic oxidation sites excluding steroid dienone is 1. The fraction of sp³-hybridized carbons (Fsp3) is 0.688. The molecule has 1 fully saturated rings. The van der Waals surface area contributed by atoms with Gasteiger partial charge in [-0.3, -0.25) is 19.3 Å². The lowest BCUT2D eigenvalue weighted by Crippen LogP contribution is -2.41. The number of carbonyl (C=O) groups is 3. The molecule has 1 saturated heterocycles. The second-order valence-electron chi connectivity index (χ2n) is 5.86. The number of aliphatic hydroxyl groups excluding tert-OH is 1. The molecule has 0 aromatic carbocycles. The number of Topliss-reactive ketones (excluding diaryl/α,β-unsaturated/α-hetero) is 1. The Balaban J connectivity index is 2.48. The lowest BCUT2D eigenvalue weighted by molar-refractivity contribution is -0.150. The van der Waals surface area contributed by atoms with E-state index in [2.05, 4.69) is 6.58 Å². The lowest BCUT2D eigenvalue weighted by atomic mass is 9.93. The molecular weight excluding hydrogens is 306 g/mol. The molecule has 5 nitrogen and oxygen atoms in total. The van der Waals surface area contributed by atoms with Gasteiger partial charge in [0.15, 0.2) is 5.78 Å². The van der Waals surface area contributed by atoms with E-state index in [-0.39, 0.29) is 18.1 Å². The van der Waals surface area contributed by atoms with Gasteiger partial charge in [0, 0.05) is 6.42 Å². The van der Waals surface area contributed by atoms with E-state index in [4.69, 9.17) is 11.6 Å². The number of aliphatic hydroxyl groups is 1. The van der Waals surface area contributed by atoms with Crippen molar-refractivity contribution in [1.29, 1.82) is 0 Å². The van der Waals surface area contributed by atoms with E-state index < -0.39 is 23.4 Å². The molecule has 1 aliphatic rings. The molecule has 0 aromatic rings. The summed E-state index contributed by atoms with van der Waals surface area (Å²) in [6.45, 7) is 7.29. The fourth-order valence-corrected chi connectivity index (χ4v) is 2.82. The molecule has 0 aromatic heterocycles. The maximum Gasteiger partial charge on any atom is 0.249 e. The van der Waals surface area contributed by atoms with Crippen molar-refractivity contribution in [3.8, 4) is 0 Å². The Bertz CT molecular complexity index is 463. The third-order valence-corrected chi connectivity index (χ3v) is 4.38. The van der Waals surface area contributed by atoms with Crippen molar-refractivity contribution in [3.05, 3.63) is 12.2 Å². The van der Waals surface area contributed by atoms with Crippen molar-refractivity contribution in [3.63, 3.8) is 0 Å². The topological polar surface area (TPSA) is 74.7 Å². The molecule has 1 aliphatic heterocycles. The van der Waals surface area contributed by atoms with E-state index in [1.807, 2.05) is 6.92 Å². The van der Waals surface area contributed by atoms with Gasteiger partial charge in [0.1, 0.15) is 11.6 Å². The van der Waals surface area contributed by atoms with Gasteiger partial charge in [-0.05, 0) is 37.7 Å².